The van der Waals surface area contributed by atoms with Crippen LogP contribution >= 0.6 is 0 Å². The Balaban J connectivity index is 1.96. The SMILES string of the molecule is CCCOc1ccc(OC(=O)[C@]2(C#N)CO[C@H](CCC)OC2)cc1. The Morgan fingerprint density at radius 1 is 1.21 bits per heavy atom. The van der Waals surface area contributed by atoms with Gasteiger partial charge in [0.2, 0.25) is 5.41 Å². The molecule has 2 rings (SSSR count). The van der Waals surface area contributed by atoms with E-state index in [4.69, 9.17) is 18.9 Å². The number of carbonyl (C=O) groups is 1. The zero-order valence-electron chi connectivity index (χ0n) is 14.1. The summed E-state index contributed by atoms with van der Waals surface area (Å²) in [6.45, 7) is 4.62. The summed E-state index contributed by atoms with van der Waals surface area (Å²) in [5.41, 5.74) is -1.43. The van der Waals surface area contributed by atoms with Crippen LogP contribution < -0.4 is 9.47 Å². The fraction of sp³-hybridized carbons (Fsp3) is 0.556. The number of rotatable bonds is 7. The van der Waals surface area contributed by atoms with Gasteiger partial charge in [0.05, 0.1) is 25.9 Å². The maximum absolute atomic E-state index is 12.4. The number of hydrogen-bond acceptors (Lipinski definition) is 6. The van der Waals surface area contributed by atoms with E-state index in [0.29, 0.717) is 18.1 Å². The number of hydrogen-bond donors (Lipinski definition) is 0. The first-order valence-corrected chi connectivity index (χ1v) is 8.23. The van der Waals surface area contributed by atoms with Crippen LogP contribution in [0.5, 0.6) is 11.5 Å². The largest absolute Gasteiger partial charge is 0.494 e. The minimum atomic E-state index is -1.43. The molecular formula is C18H23NO5. The summed E-state index contributed by atoms with van der Waals surface area (Å²) in [5.74, 6) is 0.398. The molecule has 130 valence electrons. The van der Waals surface area contributed by atoms with Crippen molar-refractivity contribution in [2.75, 3.05) is 19.8 Å². The van der Waals surface area contributed by atoms with Crippen LogP contribution in [0.4, 0.5) is 0 Å². The van der Waals surface area contributed by atoms with Crippen molar-refractivity contribution in [1.82, 2.24) is 0 Å². The molecule has 0 atom stereocenters. The molecule has 0 aromatic heterocycles. The molecule has 0 spiro atoms. The molecule has 24 heavy (non-hydrogen) atoms. The molecule has 1 aromatic rings. The van der Waals surface area contributed by atoms with Gasteiger partial charge >= 0.3 is 5.97 Å². The summed E-state index contributed by atoms with van der Waals surface area (Å²) in [6.07, 6.45) is 2.19. The molecule has 0 aliphatic carbocycles. The molecule has 1 aromatic carbocycles. The highest BCUT2D eigenvalue weighted by molar-refractivity contribution is 5.82. The number of nitriles is 1. The van der Waals surface area contributed by atoms with Gasteiger partial charge in [-0.1, -0.05) is 20.3 Å². The van der Waals surface area contributed by atoms with Gasteiger partial charge in [0, 0.05) is 0 Å². The Morgan fingerprint density at radius 2 is 1.83 bits per heavy atom. The lowest BCUT2D eigenvalue weighted by Gasteiger charge is -2.33. The van der Waals surface area contributed by atoms with Gasteiger partial charge < -0.3 is 18.9 Å². The molecule has 0 amide bonds. The van der Waals surface area contributed by atoms with Crippen LogP contribution in [0.2, 0.25) is 0 Å². The van der Waals surface area contributed by atoms with Crippen molar-refractivity contribution in [3.63, 3.8) is 0 Å². The lowest BCUT2D eigenvalue weighted by Crippen LogP contribution is -2.48. The zero-order valence-corrected chi connectivity index (χ0v) is 14.1. The minimum Gasteiger partial charge on any atom is -0.494 e. The maximum atomic E-state index is 12.4. The van der Waals surface area contributed by atoms with E-state index < -0.39 is 11.4 Å². The first-order valence-electron chi connectivity index (χ1n) is 8.23. The Bertz CT molecular complexity index is 570. The van der Waals surface area contributed by atoms with Gasteiger partial charge in [-0.25, -0.2) is 4.79 Å². The van der Waals surface area contributed by atoms with Crippen LogP contribution in [0.25, 0.3) is 0 Å². The highest BCUT2D eigenvalue weighted by Gasteiger charge is 2.46. The molecule has 1 saturated heterocycles. The zero-order chi connectivity index (χ0) is 17.4. The Kier molecular flexibility index (Phi) is 6.59. The van der Waals surface area contributed by atoms with Gasteiger partial charge in [-0.3, -0.25) is 0 Å². The van der Waals surface area contributed by atoms with Crippen LogP contribution in [-0.4, -0.2) is 32.1 Å². The fourth-order valence-electron chi connectivity index (χ4n) is 2.22. The van der Waals surface area contributed by atoms with Crippen molar-refractivity contribution in [2.24, 2.45) is 5.41 Å². The van der Waals surface area contributed by atoms with Crippen LogP contribution in [0, 0.1) is 16.7 Å². The summed E-state index contributed by atoms with van der Waals surface area (Å²) in [4.78, 5) is 12.4. The Labute approximate surface area is 142 Å². The summed E-state index contributed by atoms with van der Waals surface area (Å²) >= 11 is 0. The van der Waals surface area contributed by atoms with E-state index in [1.54, 1.807) is 24.3 Å². The van der Waals surface area contributed by atoms with Crippen molar-refractivity contribution in [3.8, 4) is 17.6 Å². The smallest absolute Gasteiger partial charge is 0.336 e. The third-order valence-electron chi connectivity index (χ3n) is 3.67. The lowest BCUT2D eigenvalue weighted by atomic mass is 9.91. The molecule has 1 heterocycles. The van der Waals surface area contributed by atoms with Crippen LogP contribution in [0.3, 0.4) is 0 Å². The van der Waals surface area contributed by atoms with E-state index in [0.717, 1.165) is 19.3 Å². The topological polar surface area (TPSA) is 77.8 Å². The third kappa shape index (κ3) is 4.47. The van der Waals surface area contributed by atoms with E-state index in [-0.39, 0.29) is 19.5 Å². The monoisotopic (exact) mass is 333 g/mol. The average Bonchev–Trinajstić information content (AvgIpc) is 2.62. The summed E-state index contributed by atoms with van der Waals surface area (Å²) in [5, 5.41) is 9.42. The van der Waals surface area contributed by atoms with E-state index in [2.05, 4.69) is 0 Å². The van der Waals surface area contributed by atoms with Crippen molar-refractivity contribution in [3.05, 3.63) is 24.3 Å². The van der Waals surface area contributed by atoms with Gasteiger partial charge in [-0.2, -0.15) is 5.26 Å². The second-order valence-corrected chi connectivity index (χ2v) is 5.74. The first kappa shape index (κ1) is 18.2. The van der Waals surface area contributed by atoms with Gasteiger partial charge in [0.15, 0.2) is 6.29 Å². The van der Waals surface area contributed by atoms with Crippen LogP contribution in [0.15, 0.2) is 24.3 Å². The lowest BCUT2D eigenvalue weighted by molar-refractivity contribution is -0.222. The predicted molar refractivity (Wildman–Crippen MR) is 86.5 cm³/mol. The molecule has 1 aliphatic rings. The standard InChI is InChI=1S/C18H23NO5/c1-3-5-16-22-12-18(11-19,13-23-16)17(20)24-15-8-6-14(7-9-15)21-10-4-2/h6-9,16H,3-5,10,12-13H2,1-2H3/t16-,18+. The Morgan fingerprint density at radius 3 is 2.38 bits per heavy atom. The highest BCUT2D eigenvalue weighted by Crippen LogP contribution is 2.28. The van der Waals surface area contributed by atoms with E-state index in [9.17, 15) is 10.1 Å². The van der Waals surface area contributed by atoms with E-state index in [1.165, 1.54) is 0 Å². The quantitative estimate of drug-likeness (QED) is 0.564. The number of nitrogens with zero attached hydrogens (tertiary/aromatic N) is 1. The predicted octanol–water partition coefficient (Wildman–Crippen LogP) is 3.06. The molecule has 6 nitrogen and oxygen atoms in total. The highest BCUT2D eigenvalue weighted by atomic mass is 16.7. The first-order chi connectivity index (χ1) is 11.6. The summed E-state index contributed by atoms with van der Waals surface area (Å²) in [7, 11) is 0. The second kappa shape index (κ2) is 8.67. The van der Waals surface area contributed by atoms with Crippen molar-refractivity contribution in [1.29, 1.82) is 5.26 Å². The molecule has 0 bridgehead atoms. The van der Waals surface area contributed by atoms with E-state index >= 15 is 0 Å². The second-order valence-electron chi connectivity index (χ2n) is 5.74. The molecule has 1 fully saturated rings. The van der Waals surface area contributed by atoms with Crippen molar-refractivity contribution in [2.45, 2.75) is 39.4 Å². The van der Waals surface area contributed by atoms with Crippen LogP contribution in [0.1, 0.15) is 33.1 Å². The summed E-state index contributed by atoms with van der Waals surface area (Å²) in [6, 6.07) is 8.71. The number of ether oxygens (including phenoxy) is 4. The molecule has 6 heteroatoms. The van der Waals surface area contributed by atoms with Crippen LogP contribution in [-0.2, 0) is 14.3 Å². The molecule has 0 radical (unpaired) electrons. The van der Waals surface area contributed by atoms with Gasteiger partial charge in [-0.05, 0) is 37.1 Å². The van der Waals surface area contributed by atoms with Gasteiger partial charge in [0.25, 0.3) is 0 Å². The molecule has 0 saturated carbocycles. The van der Waals surface area contributed by atoms with Gasteiger partial charge in [0.1, 0.15) is 11.5 Å². The van der Waals surface area contributed by atoms with E-state index in [1.807, 2.05) is 19.9 Å². The summed E-state index contributed by atoms with van der Waals surface area (Å²) < 4.78 is 21.8. The normalized spacial score (nSPS) is 23.3. The molecule has 0 unspecified atom stereocenters. The Hall–Kier alpha value is -2.10. The van der Waals surface area contributed by atoms with Crippen molar-refractivity contribution < 1.29 is 23.7 Å². The van der Waals surface area contributed by atoms with Gasteiger partial charge in [-0.15, -0.1) is 0 Å². The number of carbonyl (C=O) groups excluding carboxylic acids is 1. The fourth-order valence-corrected chi connectivity index (χ4v) is 2.22. The number of benzene rings is 1. The molecule has 1 aliphatic heterocycles. The third-order valence-corrected chi connectivity index (χ3v) is 3.67. The number of esters is 1. The maximum Gasteiger partial charge on any atom is 0.336 e. The molecular weight excluding hydrogens is 310 g/mol. The molecule has 0 N–H and O–H groups in total. The average molecular weight is 333 g/mol. The van der Waals surface area contributed by atoms with Crippen molar-refractivity contribution >= 4 is 5.97 Å². The minimum absolute atomic E-state index is 0.0231.